The molecule has 96 valence electrons. The molecule has 0 aliphatic rings. The van der Waals surface area contributed by atoms with Gasteiger partial charge in [-0.2, -0.15) is 0 Å². The number of nitrogens with one attached hydrogen (secondary N) is 1. The Morgan fingerprint density at radius 2 is 2.00 bits per heavy atom. The van der Waals surface area contributed by atoms with Gasteiger partial charge in [-0.3, -0.25) is 0 Å². The molecule has 1 atom stereocenters. The van der Waals surface area contributed by atoms with Gasteiger partial charge in [0.05, 0.1) is 12.3 Å². The topological polar surface area (TPSA) is 92.4 Å². The van der Waals surface area contributed by atoms with Crippen molar-refractivity contribution in [2.24, 2.45) is 0 Å². The first-order valence-electron chi connectivity index (χ1n) is 4.65. The fourth-order valence-corrected chi connectivity index (χ4v) is 2.45. The Morgan fingerprint density at radius 3 is 2.53 bits per heavy atom. The van der Waals surface area contributed by atoms with Crippen LogP contribution >= 0.6 is 0 Å². The molecule has 0 saturated carbocycles. The van der Waals surface area contributed by atoms with E-state index in [0.29, 0.717) is 12.1 Å². The summed E-state index contributed by atoms with van der Waals surface area (Å²) in [7, 11) is -4.17. The molecule has 0 amide bonds. The van der Waals surface area contributed by atoms with E-state index in [1.54, 1.807) is 0 Å². The van der Waals surface area contributed by atoms with E-state index in [9.17, 15) is 17.2 Å². The highest BCUT2D eigenvalue weighted by atomic mass is 32.2. The Bertz CT molecular complexity index is 519. The van der Waals surface area contributed by atoms with Gasteiger partial charge in [0.15, 0.2) is 0 Å². The maximum atomic E-state index is 13.3. The summed E-state index contributed by atoms with van der Waals surface area (Å²) in [5, 5.41) is 8.71. The number of sulfonamides is 1. The molecule has 0 radical (unpaired) electrons. The van der Waals surface area contributed by atoms with Crippen molar-refractivity contribution in [1.82, 2.24) is 4.72 Å². The van der Waals surface area contributed by atoms with Gasteiger partial charge in [0, 0.05) is 12.1 Å². The summed E-state index contributed by atoms with van der Waals surface area (Å²) in [5.41, 5.74) is 4.70. The number of anilines is 1. The summed E-state index contributed by atoms with van der Waals surface area (Å²) in [6, 6.07) is 0.301. The van der Waals surface area contributed by atoms with Gasteiger partial charge >= 0.3 is 0 Å². The lowest BCUT2D eigenvalue weighted by atomic mass is 10.3. The molecule has 1 aromatic rings. The van der Waals surface area contributed by atoms with Gasteiger partial charge in [-0.1, -0.05) is 0 Å². The molecule has 0 aliphatic carbocycles. The maximum Gasteiger partial charge on any atom is 0.243 e. The number of benzene rings is 1. The number of aliphatic hydroxyl groups excluding tert-OH is 1. The van der Waals surface area contributed by atoms with Crippen molar-refractivity contribution in [2.75, 3.05) is 12.3 Å². The molecule has 8 heteroatoms. The SMILES string of the molecule is C[C@@H](CO)NS(=O)(=O)c1cc(N)c(F)cc1F. The molecule has 0 saturated heterocycles. The predicted octanol–water partition coefficient (Wildman–Crippen LogP) is 0.206. The third-order valence-electron chi connectivity index (χ3n) is 1.97. The van der Waals surface area contributed by atoms with Crippen molar-refractivity contribution in [1.29, 1.82) is 0 Å². The zero-order valence-electron chi connectivity index (χ0n) is 8.94. The van der Waals surface area contributed by atoms with Gasteiger partial charge in [0.2, 0.25) is 10.0 Å². The Morgan fingerprint density at radius 1 is 1.41 bits per heavy atom. The lowest BCUT2D eigenvalue weighted by Gasteiger charge is -2.12. The number of halogens is 2. The first-order chi connectivity index (χ1) is 7.77. The number of rotatable bonds is 4. The minimum absolute atomic E-state index is 0.396. The second kappa shape index (κ2) is 4.94. The van der Waals surface area contributed by atoms with Crippen molar-refractivity contribution in [3.05, 3.63) is 23.8 Å². The minimum Gasteiger partial charge on any atom is -0.396 e. The van der Waals surface area contributed by atoms with Crippen LogP contribution in [0.5, 0.6) is 0 Å². The van der Waals surface area contributed by atoms with E-state index < -0.39 is 44.9 Å². The number of aliphatic hydroxyl groups is 1. The van der Waals surface area contributed by atoms with Crippen LogP contribution in [0.4, 0.5) is 14.5 Å². The molecular weight excluding hydrogens is 254 g/mol. The number of nitrogen functional groups attached to an aromatic ring is 1. The van der Waals surface area contributed by atoms with Gasteiger partial charge in [-0.05, 0) is 13.0 Å². The number of hydrogen-bond acceptors (Lipinski definition) is 4. The Labute approximate surface area is 97.3 Å². The number of hydrogen-bond donors (Lipinski definition) is 3. The van der Waals surface area contributed by atoms with E-state index in [0.717, 1.165) is 0 Å². The highest BCUT2D eigenvalue weighted by Gasteiger charge is 2.22. The zero-order valence-corrected chi connectivity index (χ0v) is 9.76. The standard InChI is InChI=1S/C9H12F2N2O3S/c1-5(4-14)13-17(15,16)9-3-8(12)6(10)2-7(9)11/h2-3,5,13-14H,4,12H2,1H3/t5-/m0/s1. The largest absolute Gasteiger partial charge is 0.396 e. The molecule has 17 heavy (non-hydrogen) atoms. The molecule has 5 nitrogen and oxygen atoms in total. The van der Waals surface area contributed by atoms with Crippen LogP contribution in [0, 0.1) is 11.6 Å². The Balaban J connectivity index is 3.20. The third kappa shape index (κ3) is 3.11. The second-order valence-corrected chi connectivity index (χ2v) is 5.19. The van der Waals surface area contributed by atoms with Gasteiger partial charge in [0.1, 0.15) is 16.5 Å². The summed E-state index contributed by atoms with van der Waals surface area (Å²) in [6.45, 7) is 0.944. The average molecular weight is 266 g/mol. The molecule has 1 rings (SSSR count). The Kier molecular flexibility index (Phi) is 4.02. The minimum atomic E-state index is -4.17. The highest BCUT2D eigenvalue weighted by molar-refractivity contribution is 7.89. The summed E-state index contributed by atoms with van der Waals surface area (Å²) in [4.78, 5) is -0.753. The van der Waals surface area contributed by atoms with E-state index in [1.807, 2.05) is 4.72 Å². The third-order valence-corrected chi connectivity index (χ3v) is 3.58. The molecule has 0 aromatic heterocycles. The van der Waals surface area contributed by atoms with Crippen molar-refractivity contribution < 1.29 is 22.3 Å². The van der Waals surface area contributed by atoms with E-state index in [-0.39, 0.29) is 0 Å². The molecule has 0 spiro atoms. The van der Waals surface area contributed by atoms with Crippen molar-refractivity contribution >= 4 is 15.7 Å². The fourth-order valence-electron chi connectivity index (χ4n) is 1.12. The van der Waals surface area contributed by atoms with Gasteiger partial charge in [-0.15, -0.1) is 0 Å². The monoisotopic (exact) mass is 266 g/mol. The van der Waals surface area contributed by atoms with E-state index >= 15 is 0 Å². The van der Waals surface area contributed by atoms with E-state index in [4.69, 9.17) is 10.8 Å². The van der Waals surface area contributed by atoms with Gasteiger partial charge < -0.3 is 10.8 Å². The normalized spacial score (nSPS) is 13.6. The van der Waals surface area contributed by atoms with Crippen LogP contribution in [0.3, 0.4) is 0 Å². The smallest absolute Gasteiger partial charge is 0.243 e. The van der Waals surface area contributed by atoms with Crippen LogP contribution in [-0.4, -0.2) is 26.2 Å². The van der Waals surface area contributed by atoms with Crippen LogP contribution in [0.15, 0.2) is 17.0 Å². The zero-order chi connectivity index (χ0) is 13.2. The molecule has 0 fully saturated rings. The summed E-state index contributed by atoms with van der Waals surface area (Å²) in [5.74, 6) is -2.27. The van der Waals surface area contributed by atoms with Crippen molar-refractivity contribution in [3.63, 3.8) is 0 Å². The summed E-state index contributed by atoms with van der Waals surface area (Å²) >= 11 is 0. The summed E-state index contributed by atoms with van der Waals surface area (Å²) in [6.07, 6.45) is 0. The first kappa shape index (κ1) is 13.8. The fraction of sp³-hybridized carbons (Fsp3) is 0.333. The van der Waals surface area contributed by atoms with Crippen molar-refractivity contribution in [2.45, 2.75) is 17.9 Å². The predicted molar refractivity (Wildman–Crippen MR) is 57.6 cm³/mol. The second-order valence-electron chi connectivity index (χ2n) is 3.51. The first-order valence-corrected chi connectivity index (χ1v) is 6.14. The summed E-state index contributed by atoms with van der Waals surface area (Å²) < 4.78 is 51.5. The molecule has 0 unspecified atom stereocenters. The van der Waals surface area contributed by atoms with Crippen LogP contribution in [-0.2, 0) is 10.0 Å². The van der Waals surface area contributed by atoms with E-state index in [1.165, 1.54) is 6.92 Å². The molecule has 4 N–H and O–H groups in total. The Hall–Kier alpha value is -1.25. The average Bonchev–Trinajstić information content (AvgIpc) is 2.22. The van der Waals surface area contributed by atoms with Crippen LogP contribution in [0.2, 0.25) is 0 Å². The molecule has 1 aromatic carbocycles. The molecule has 0 aliphatic heterocycles. The van der Waals surface area contributed by atoms with E-state index in [2.05, 4.69) is 0 Å². The van der Waals surface area contributed by atoms with Crippen LogP contribution in [0.25, 0.3) is 0 Å². The maximum absolute atomic E-state index is 13.3. The van der Waals surface area contributed by atoms with Crippen molar-refractivity contribution in [3.8, 4) is 0 Å². The van der Waals surface area contributed by atoms with Gasteiger partial charge in [0.25, 0.3) is 0 Å². The molecule has 0 heterocycles. The van der Waals surface area contributed by atoms with Crippen LogP contribution in [0.1, 0.15) is 6.92 Å². The van der Waals surface area contributed by atoms with Crippen LogP contribution < -0.4 is 10.5 Å². The highest BCUT2D eigenvalue weighted by Crippen LogP contribution is 2.20. The lowest BCUT2D eigenvalue weighted by Crippen LogP contribution is -2.35. The molecular formula is C9H12F2N2O3S. The van der Waals surface area contributed by atoms with Gasteiger partial charge in [-0.25, -0.2) is 21.9 Å². The quantitative estimate of drug-likeness (QED) is 0.679. The molecule has 0 bridgehead atoms. The lowest BCUT2D eigenvalue weighted by molar-refractivity contribution is 0.265. The number of nitrogens with two attached hydrogens (primary N) is 1.